The molecule has 0 spiro atoms. The molecule has 0 rings (SSSR count). The largest absolute Gasteiger partial charge is 0.393 e. The van der Waals surface area contributed by atoms with E-state index in [0.29, 0.717) is 19.6 Å². The van der Waals surface area contributed by atoms with Crippen molar-refractivity contribution in [3.8, 4) is 0 Å². The molecule has 0 aromatic carbocycles. The minimum Gasteiger partial charge on any atom is -0.393 e. The molecule has 0 unspecified atom stereocenters. The molecule has 15 heavy (non-hydrogen) atoms. The zero-order valence-corrected chi connectivity index (χ0v) is 9.96. The lowest BCUT2D eigenvalue weighted by atomic mass is 9.97. The van der Waals surface area contributed by atoms with E-state index in [1.807, 2.05) is 6.92 Å². The van der Waals surface area contributed by atoms with Crippen molar-refractivity contribution in [3.05, 3.63) is 0 Å². The Morgan fingerprint density at radius 3 is 2.27 bits per heavy atom. The van der Waals surface area contributed by atoms with Crippen LogP contribution in [0.5, 0.6) is 0 Å². The van der Waals surface area contributed by atoms with Crippen molar-refractivity contribution in [1.29, 1.82) is 0 Å². The molecule has 4 heteroatoms. The third-order valence-corrected chi connectivity index (χ3v) is 1.69. The van der Waals surface area contributed by atoms with E-state index >= 15 is 0 Å². The summed E-state index contributed by atoms with van der Waals surface area (Å²) in [4.78, 5) is 22.5. The molecule has 0 saturated carbocycles. The van der Waals surface area contributed by atoms with Crippen molar-refractivity contribution in [2.45, 2.75) is 40.5 Å². The molecule has 0 N–H and O–H groups in total. The van der Waals surface area contributed by atoms with Gasteiger partial charge in [0.25, 0.3) is 0 Å². The first kappa shape index (κ1) is 14.1. The van der Waals surface area contributed by atoms with E-state index in [-0.39, 0.29) is 6.42 Å². The molecule has 0 atom stereocenters. The van der Waals surface area contributed by atoms with Gasteiger partial charge >= 0.3 is 11.9 Å². The van der Waals surface area contributed by atoms with Gasteiger partial charge < -0.3 is 9.47 Å². The molecule has 0 saturated heterocycles. The van der Waals surface area contributed by atoms with Crippen LogP contribution in [-0.2, 0) is 19.1 Å². The number of ether oxygens (including phenoxy) is 2. The van der Waals surface area contributed by atoms with Gasteiger partial charge in [0.2, 0.25) is 0 Å². The van der Waals surface area contributed by atoms with E-state index in [4.69, 9.17) is 4.74 Å². The average molecular weight is 216 g/mol. The zero-order chi connectivity index (χ0) is 11.9. The zero-order valence-electron chi connectivity index (χ0n) is 9.96. The van der Waals surface area contributed by atoms with Gasteiger partial charge in [-0.2, -0.15) is 0 Å². The molecule has 0 bridgehead atoms. The lowest BCUT2D eigenvalue weighted by Gasteiger charge is -2.15. The van der Waals surface area contributed by atoms with Crippen molar-refractivity contribution in [2.75, 3.05) is 13.2 Å². The fraction of sp³-hybridized carbons (Fsp3) is 0.818. The Morgan fingerprint density at radius 1 is 1.20 bits per heavy atom. The highest BCUT2D eigenvalue weighted by Gasteiger charge is 2.25. The predicted octanol–water partition coefficient (Wildman–Crippen LogP) is 1.92. The molecule has 4 nitrogen and oxygen atoms in total. The van der Waals surface area contributed by atoms with Crippen molar-refractivity contribution < 1.29 is 19.1 Å². The average Bonchev–Trinajstić information content (AvgIpc) is 2.11. The third-order valence-electron chi connectivity index (χ3n) is 1.69. The smallest absolute Gasteiger partial charge is 0.318 e. The van der Waals surface area contributed by atoms with Gasteiger partial charge in [0.1, 0.15) is 0 Å². The number of hydrogen-bond acceptors (Lipinski definition) is 4. The topological polar surface area (TPSA) is 52.6 Å². The van der Waals surface area contributed by atoms with Gasteiger partial charge in [0.05, 0.1) is 5.41 Å². The second-order valence-electron chi connectivity index (χ2n) is 4.31. The molecule has 0 amide bonds. The molecule has 0 aromatic heterocycles. The fourth-order valence-corrected chi connectivity index (χ4v) is 0.770. The number of hydrogen-bond donors (Lipinski definition) is 0. The lowest BCUT2D eigenvalue weighted by molar-refractivity contribution is -0.165. The van der Waals surface area contributed by atoms with Gasteiger partial charge in [0.15, 0.2) is 0 Å². The van der Waals surface area contributed by atoms with Crippen LogP contribution in [0.15, 0.2) is 0 Å². The van der Waals surface area contributed by atoms with E-state index < -0.39 is 17.4 Å². The van der Waals surface area contributed by atoms with Gasteiger partial charge in [-0.25, -0.2) is 0 Å². The van der Waals surface area contributed by atoms with Crippen LogP contribution in [-0.4, -0.2) is 25.2 Å². The Kier molecular flexibility index (Phi) is 6.17. The SMILES string of the molecule is CCOCCCC(=O)OC(=O)C(C)(C)C. The first-order valence-corrected chi connectivity index (χ1v) is 5.20. The van der Waals surface area contributed by atoms with Crippen molar-refractivity contribution in [3.63, 3.8) is 0 Å². The summed E-state index contributed by atoms with van der Waals surface area (Å²) in [5, 5.41) is 0. The molecule has 0 aliphatic rings. The summed E-state index contributed by atoms with van der Waals surface area (Å²) in [5.74, 6) is -0.960. The summed E-state index contributed by atoms with van der Waals surface area (Å²) < 4.78 is 9.73. The van der Waals surface area contributed by atoms with Crippen LogP contribution in [0, 0.1) is 5.41 Å². The molecule has 0 aromatic rings. The number of esters is 2. The Hall–Kier alpha value is -0.900. The molecule has 0 fully saturated rings. The van der Waals surface area contributed by atoms with Crippen molar-refractivity contribution in [1.82, 2.24) is 0 Å². The second kappa shape index (κ2) is 6.56. The molecular weight excluding hydrogens is 196 g/mol. The second-order valence-corrected chi connectivity index (χ2v) is 4.31. The molecule has 0 heterocycles. The van der Waals surface area contributed by atoms with E-state index in [0.717, 1.165) is 0 Å². The van der Waals surface area contributed by atoms with Gasteiger partial charge in [-0.3, -0.25) is 9.59 Å². The molecule has 0 aliphatic carbocycles. The molecular formula is C11H20O4. The van der Waals surface area contributed by atoms with Crippen LogP contribution in [0.2, 0.25) is 0 Å². The van der Waals surface area contributed by atoms with E-state index in [9.17, 15) is 9.59 Å². The van der Waals surface area contributed by atoms with Gasteiger partial charge in [0, 0.05) is 19.6 Å². The number of carbonyl (C=O) groups is 2. The third kappa shape index (κ3) is 7.08. The monoisotopic (exact) mass is 216 g/mol. The highest BCUT2D eigenvalue weighted by molar-refractivity contribution is 5.88. The highest BCUT2D eigenvalue weighted by atomic mass is 16.6. The molecule has 88 valence electrons. The molecule has 0 radical (unpaired) electrons. The summed E-state index contributed by atoms with van der Waals surface area (Å²) in [6.45, 7) is 8.18. The maximum atomic E-state index is 11.3. The van der Waals surface area contributed by atoms with Crippen LogP contribution in [0.3, 0.4) is 0 Å². The quantitative estimate of drug-likeness (QED) is 0.400. The predicted molar refractivity (Wildman–Crippen MR) is 56.3 cm³/mol. The van der Waals surface area contributed by atoms with Gasteiger partial charge in [-0.15, -0.1) is 0 Å². The summed E-state index contributed by atoms with van der Waals surface area (Å²) in [6.07, 6.45) is 0.811. The Morgan fingerprint density at radius 2 is 1.80 bits per heavy atom. The summed E-state index contributed by atoms with van der Waals surface area (Å²) in [7, 11) is 0. The van der Waals surface area contributed by atoms with E-state index in [1.54, 1.807) is 20.8 Å². The normalized spacial score (nSPS) is 11.2. The van der Waals surface area contributed by atoms with Crippen molar-refractivity contribution in [2.24, 2.45) is 5.41 Å². The fourth-order valence-electron chi connectivity index (χ4n) is 0.770. The summed E-state index contributed by atoms with van der Waals surface area (Å²) >= 11 is 0. The van der Waals surface area contributed by atoms with E-state index in [1.165, 1.54) is 0 Å². The van der Waals surface area contributed by atoms with Crippen LogP contribution in [0.4, 0.5) is 0 Å². The maximum absolute atomic E-state index is 11.3. The van der Waals surface area contributed by atoms with Gasteiger partial charge in [-0.1, -0.05) is 0 Å². The van der Waals surface area contributed by atoms with Crippen LogP contribution >= 0.6 is 0 Å². The Balaban J connectivity index is 3.71. The maximum Gasteiger partial charge on any atom is 0.318 e. The van der Waals surface area contributed by atoms with Crippen LogP contribution < -0.4 is 0 Å². The first-order chi connectivity index (χ1) is 6.88. The first-order valence-electron chi connectivity index (χ1n) is 5.20. The van der Waals surface area contributed by atoms with Gasteiger partial charge in [-0.05, 0) is 34.1 Å². The van der Waals surface area contributed by atoms with Crippen LogP contribution in [0.1, 0.15) is 40.5 Å². The summed E-state index contributed by atoms with van der Waals surface area (Å²) in [6, 6.07) is 0. The summed E-state index contributed by atoms with van der Waals surface area (Å²) in [5.41, 5.74) is -0.629. The van der Waals surface area contributed by atoms with Crippen molar-refractivity contribution >= 4 is 11.9 Å². The van der Waals surface area contributed by atoms with Crippen LogP contribution in [0.25, 0.3) is 0 Å². The minimum atomic E-state index is -0.629. The highest BCUT2D eigenvalue weighted by Crippen LogP contribution is 2.15. The Bertz CT molecular complexity index is 215. The number of rotatable bonds is 5. The van der Waals surface area contributed by atoms with E-state index in [2.05, 4.69) is 4.74 Å². The Labute approximate surface area is 90.9 Å². The minimum absolute atomic E-state index is 0.224. The standard InChI is InChI=1S/C11H20O4/c1-5-14-8-6-7-9(12)15-10(13)11(2,3)4/h5-8H2,1-4H3. The number of carbonyl (C=O) groups excluding carboxylic acids is 2. The molecule has 0 aliphatic heterocycles. The lowest BCUT2D eigenvalue weighted by Crippen LogP contribution is -2.25.